The molecule has 0 spiro atoms. The maximum absolute atomic E-state index is 13.9. The first-order valence-corrected chi connectivity index (χ1v) is 8.34. The van der Waals surface area contributed by atoms with E-state index in [0.717, 1.165) is 26.2 Å². The van der Waals surface area contributed by atoms with Crippen LogP contribution in [0.4, 0.5) is 20.6 Å². The highest BCUT2D eigenvalue weighted by molar-refractivity contribution is 5.74. The summed E-state index contributed by atoms with van der Waals surface area (Å²) in [6.07, 6.45) is 1.62. The van der Waals surface area contributed by atoms with Crippen LogP contribution >= 0.6 is 0 Å². The highest BCUT2D eigenvalue weighted by Crippen LogP contribution is 2.36. The van der Waals surface area contributed by atoms with Gasteiger partial charge in [0.15, 0.2) is 17.2 Å². The third-order valence-corrected chi connectivity index (χ3v) is 5.13. The molecule has 0 amide bonds. The van der Waals surface area contributed by atoms with E-state index < -0.39 is 0 Å². The number of fused-ring (bicyclic) bond motifs is 2. The first-order valence-electron chi connectivity index (χ1n) is 8.34. The van der Waals surface area contributed by atoms with Gasteiger partial charge in [-0.2, -0.15) is 4.98 Å². The predicted octanol–water partition coefficient (Wildman–Crippen LogP) is 3.07. The second-order valence-corrected chi connectivity index (χ2v) is 6.75. The molecule has 4 heterocycles. The fourth-order valence-corrected chi connectivity index (χ4v) is 3.95. The monoisotopic (exact) mass is 342 g/mol. The smallest absolute Gasteiger partial charge is 0.298 e. The van der Waals surface area contributed by atoms with E-state index in [1.807, 2.05) is 4.90 Å². The molecule has 2 aromatic heterocycles. The standard InChI is InChI=1S/C18H16F2N4O/c19-13-3-4-15-16(6-13)25-18(22-15)24-9-11-7-23(8-12(11)10-24)17-14(20)2-1-5-21-17/h1-6,11-12H,7-10H2. The highest BCUT2D eigenvalue weighted by Gasteiger charge is 2.42. The van der Waals surface area contributed by atoms with Gasteiger partial charge in [-0.1, -0.05) is 0 Å². The molecule has 2 aliphatic heterocycles. The van der Waals surface area contributed by atoms with Gasteiger partial charge >= 0.3 is 0 Å². The van der Waals surface area contributed by atoms with Crippen LogP contribution in [0.25, 0.3) is 11.1 Å². The van der Waals surface area contributed by atoms with Crippen LogP contribution in [0.15, 0.2) is 40.9 Å². The summed E-state index contributed by atoms with van der Waals surface area (Å²) in [5, 5.41) is 0. The van der Waals surface area contributed by atoms with E-state index in [1.165, 1.54) is 18.2 Å². The second-order valence-electron chi connectivity index (χ2n) is 6.75. The van der Waals surface area contributed by atoms with E-state index in [0.29, 0.717) is 34.8 Å². The summed E-state index contributed by atoms with van der Waals surface area (Å²) in [5.41, 5.74) is 1.12. The number of benzene rings is 1. The van der Waals surface area contributed by atoms with Crippen LogP contribution < -0.4 is 9.80 Å². The van der Waals surface area contributed by atoms with Gasteiger partial charge in [-0.3, -0.25) is 0 Å². The summed E-state index contributed by atoms with van der Waals surface area (Å²) >= 11 is 0. The van der Waals surface area contributed by atoms with Gasteiger partial charge in [0.25, 0.3) is 6.01 Å². The fourth-order valence-electron chi connectivity index (χ4n) is 3.95. The third-order valence-electron chi connectivity index (χ3n) is 5.13. The maximum atomic E-state index is 13.9. The number of anilines is 2. The molecule has 0 bridgehead atoms. The molecule has 2 aliphatic rings. The summed E-state index contributed by atoms with van der Waals surface area (Å²) in [6, 6.07) is 7.94. The van der Waals surface area contributed by atoms with E-state index >= 15 is 0 Å². The SMILES string of the molecule is Fc1ccc2nc(N3CC4CN(c5ncccc5F)CC4C3)oc2c1. The van der Waals surface area contributed by atoms with Gasteiger partial charge in [0.1, 0.15) is 11.3 Å². The third kappa shape index (κ3) is 2.42. The molecule has 0 aliphatic carbocycles. The van der Waals surface area contributed by atoms with Gasteiger partial charge in [0.2, 0.25) is 0 Å². The quantitative estimate of drug-likeness (QED) is 0.716. The Morgan fingerprint density at radius 1 is 1.00 bits per heavy atom. The van der Waals surface area contributed by atoms with Gasteiger partial charge in [0.05, 0.1) is 0 Å². The van der Waals surface area contributed by atoms with Crippen molar-refractivity contribution in [2.24, 2.45) is 11.8 Å². The van der Waals surface area contributed by atoms with E-state index in [9.17, 15) is 8.78 Å². The maximum Gasteiger partial charge on any atom is 0.298 e. The minimum absolute atomic E-state index is 0.277. The van der Waals surface area contributed by atoms with Crippen LogP contribution in [0.2, 0.25) is 0 Å². The molecular weight excluding hydrogens is 326 g/mol. The lowest BCUT2D eigenvalue weighted by molar-refractivity contribution is 0.533. The first kappa shape index (κ1) is 14.6. The van der Waals surface area contributed by atoms with Crippen molar-refractivity contribution in [3.05, 3.63) is 48.2 Å². The molecule has 1 aromatic carbocycles. The Kier molecular flexibility index (Phi) is 3.16. The summed E-state index contributed by atoms with van der Waals surface area (Å²) in [5.74, 6) is 0.643. The lowest BCUT2D eigenvalue weighted by Gasteiger charge is -2.21. The number of nitrogens with zero attached hydrogens (tertiary/aromatic N) is 4. The van der Waals surface area contributed by atoms with Crippen molar-refractivity contribution in [1.82, 2.24) is 9.97 Å². The molecule has 0 radical (unpaired) electrons. The van der Waals surface area contributed by atoms with E-state index in [4.69, 9.17) is 4.42 Å². The molecule has 2 fully saturated rings. The number of pyridine rings is 1. The van der Waals surface area contributed by atoms with Crippen molar-refractivity contribution in [3.63, 3.8) is 0 Å². The molecule has 0 saturated carbocycles. The minimum Gasteiger partial charge on any atom is -0.423 e. The van der Waals surface area contributed by atoms with Crippen LogP contribution in [0.3, 0.4) is 0 Å². The van der Waals surface area contributed by atoms with Crippen molar-refractivity contribution >= 4 is 22.9 Å². The lowest BCUT2D eigenvalue weighted by atomic mass is 10.0. The zero-order valence-corrected chi connectivity index (χ0v) is 13.4. The van der Waals surface area contributed by atoms with Crippen LogP contribution in [0, 0.1) is 23.5 Å². The summed E-state index contributed by atoms with van der Waals surface area (Å²) in [4.78, 5) is 12.7. The van der Waals surface area contributed by atoms with Crippen molar-refractivity contribution in [2.75, 3.05) is 36.0 Å². The number of oxazole rings is 1. The number of hydrogen-bond donors (Lipinski definition) is 0. The van der Waals surface area contributed by atoms with E-state index in [2.05, 4.69) is 14.9 Å². The number of hydrogen-bond acceptors (Lipinski definition) is 5. The van der Waals surface area contributed by atoms with E-state index in [-0.39, 0.29) is 11.6 Å². The molecule has 0 N–H and O–H groups in total. The molecular formula is C18H16F2N4O. The Morgan fingerprint density at radius 3 is 2.52 bits per heavy atom. The predicted molar refractivity (Wildman–Crippen MR) is 89.6 cm³/mol. The number of halogens is 2. The molecule has 2 saturated heterocycles. The van der Waals surface area contributed by atoms with Crippen LogP contribution in [-0.4, -0.2) is 36.1 Å². The molecule has 25 heavy (non-hydrogen) atoms. The summed E-state index contributed by atoms with van der Waals surface area (Å²) < 4.78 is 33.0. The Hall–Kier alpha value is -2.70. The molecule has 128 valence electrons. The van der Waals surface area contributed by atoms with Crippen LogP contribution in [-0.2, 0) is 0 Å². The van der Waals surface area contributed by atoms with Gasteiger partial charge < -0.3 is 14.2 Å². The fraction of sp³-hybridized carbons (Fsp3) is 0.333. The number of aromatic nitrogens is 2. The van der Waals surface area contributed by atoms with Gasteiger partial charge in [0, 0.05) is 50.3 Å². The Morgan fingerprint density at radius 2 is 1.76 bits per heavy atom. The first-order chi connectivity index (χ1) is 12.2. The van der Waals surface area contributed by atoms with Gasteiger partial charge in [-0.25, -0.2) is 13.8 Å². The average Bonchev–Trinajstić information content (AvgIpc) is 3.26. The lowest BCUT2D eigenvalue weighted by Crippen LogP contribution is -2.29. The summed E-state index contributed by atoms with van der Waals surface area (Å²) in [6.45, 7) is 3.13. The Bertz CT molecular complexity index is 930. The molecule has 5 rings (SSSR count). The second kappa shape index (κ2) is 5.40. The Balaban J connectivity index is 1.34. The van der Waals surface area contributed by atoms with Crippen LogP contribution in [0.5, 0.6) is 0 Å². The zero-order chi connectivity index (χ0) is 17.0. The van der Waals surface area contributed by atoms with Crippen molar-refractivity contribution in [2.45, 2.75) is 0 Å². The Labute approximate surface area is 142 Å². The van der Waals surface area contributed by atoms with Crippen LogP contribution in [0.1, 0.15) is 0 Å². The minimum atomic E-state index is -0.332. The zero-order valence-electron chi connectivity index (χ0n) is 13.4. The molecule has 3 aromatic rings. The van der Waals surface area contributed by atoms with Gasteiger partial charge in [-0.05, 0) is 24.3 Å². The normalized spacial score (nSPS) is 22.8. The van der Waals surface area contributed by atoms with Crippen molar-refractivity contribution < 1.29 is 13.2 Å². The molecule has 2 unspecified atom stereocenters. The molecule has 2 atom stereocenters. The summed E-state index contributed by atoms with van der Waals surface area (Å²) in [7, 11) is 0. The average molecular weight is 342 g/mol. The topological polar surface area (TPSA) is 45.4 Å². The van der Waals surface area contributed by atoms with E-state index in [1.54, 1.807) is 18.3 Å². The largest absolute Gasteiger partial charge is 0.423 e. The molecule has 5 nitrogen and oxygen atoms in total. The van der Waals surface area contributed by atoms with Crippen molar-refractivity contribution in [3.8, 4) is 0 Å². The highest BCUT2D eigenvalue weighted by atomic mass is 19.1. The van der Waals surface area contributed by atoms with Crippen molar-refractivity contribution in [1.29, 1.82) is 0 Å². The van der Waals surface area contributed by atoms with Gasteiger partial charge in [-0.15, -0.1) is 0 Å². The number of rotatable bonds is 2. The molecule has 7 heteroatoms.